The van der Waals surface area contributed by atoms with Gasteiger partial charge >= 0.3 is 0 Å². The molecule has 0 radical (unpaired) electrons. The van der Waals surface area contributed by atoms with Gasteiger partial charge in [-0.1, -0.05) is 48.5 Å². The summed E-state index contributed by atoms with van der Waals surface area (Å²) in [6.07, 6.45) is 1.79. The van der Waals surface area contributed by atoms with Gasteiger partial charge in [0.25, 0.3) is 0 Å². The Morgan fingerprint density at radius 3 is 2.43 bits per heavy atom. The number of anilines is 1. The molecule has 21 heavy (non-hydrogen) atoms. The third-order valence-electron chi connectivity index (χ3n) is 3.69. The minimum atomic E-state index is 0.474. The number of hydrogen-bond acceptors (Lipinski definition) is 3. The summed E-state index contributed by atoms with van der Waals surface area (Å²) >= 11 is 0. The quantitative estimate of drug-likeness (QED) is 0.532. The summed E-state index contributed by atoms with van der Waals surface area (Å²) in [5.74, 6) is 0.474. The molecule has 0 amide bonds. The van der Waals surface area contributed by atoms with Gasteiger partial charge in [-0.15, -0.1) is 0 Å². The fourth-order valence-corrected chi connectivity index (χ4v) is 2.75. The second kappa shape index (κ2) is 4.56. The van der Waals surface area contributed by atoms with Gasteiger partial charge in [0, 0.05) is 17.0 Å². The molecule has 0 atom stereocenters. The van der Waals surface area contributed by atoms with Crippen LogP contribution in [0.3, 0.4) is 0 Å². The predicted molar refractivity (Wildman–Crippen MR) is 86.9 cm³/mol. The molecular weight excluding hydrogens is 258 g/mol. The fourth-order valence-electron chi connectivity index (χ4n) is 2.75. The summed E-state index contributed by atoms with van der Waals surface area (Å²) in [5, 5.41) is 2.14. The molecule has 0 fully saturated rings. The highest BCUT2D eigenvalue weighted by molar-refractivity contribution is 6.14. The van der Waals surface area contributed by atoms with E-state index in [4.69, 9.17) is 5.73 Å². The van der Waals surface area contributed by atoms with Crippen LogP contribution in [0.25, 0.3) is 32.9 Å². The van der Waals surface area contributed by atoms with Crippen LogP contribution >= 0.6 is 0 Å². The topological polar surface area (TPSA) is 51.8 Å². The molecule has 0 aliphatic rings. The molecular formula is C18H13N3. The lowest BCUT2D eigenvalue weighted by molar-refractivity contribution is 1.36. The molecule has 4 rings (SSSR count). The van der Waals surface area contributed by atoms with Crippen molar-refractivity contribution in [3.8, 4) is 11.1 Å². The summed E-state index contributed by atoms with van der Waals surface area (Å²) in [5.41, 5.74) is 10.0. The smallest absolute Gasteiger partial charge is 0.150 e. The van der Waals surface area contributed by atoms with Crippen LogP contribution in [-0.4, -0.2) is 9.97 Å². The molecule has 0 bridgehead atoms. The summed E-state index contributed by atoms with van der Waals surface area (Å²) in [7, 11) is 0. The lowest BCUT2D eigenvalue weighted by Crippen LogP contribution is -1.96. The van der Waals surface area contributed by atoms with Crippen molar-refractivity contribution in [2.24, 2.45) is 0 Å². The first kappa shape index (κ1) is 11.9. The van der Waals surface area contributed by atoms with Gasteiger partial charge in [0.2, 0.25) is 0 Å². The van der Waals surface area contributed by atoms with Crippen molar-refractivity contribution in [3.63, 3.8) is 0 Å². The summed E-state index contributed by atoms with van der Waals surface area (Å²) in [4.78, 5) is 8.88. The third kappa shape index (κ3) is 1.82. The van der Waals surface area contributed by atoms with Crippen molar-refractivity contribution in [1.82, 2.24) is 9.97 Å². The van der Waals surface area contributed by atoms with Crippen LogP contribution < -0.4 is 5.73 Å². The van der Waals surface area contributed by atoms with Gasteiger partial charge in [-0.25, -0.2) is 4.98 Å². The lowest BCUT2D eigenvalue weighted by Gasteiger charge is -2.10. The zero-order valence-electron chi connectivity index (χ0n) is 11.3. The Kier molecular flexibility index (Phi) is 2.57. The van der Waals surface area contributed by atoms with Crippen LogP contribution in [0.5, 0.6) is 0 Å². The van der Waals surface area contributed by atoms with E-state index in [0.29, 0.717) is 5.82 Å². The van der Waals surface area contributed by atoms with Crippen molar-refractivity contribution in [3.05, 3.63) is 66.9 Å². The fraction of sp³-hybridized carbons (Fsp3) is 0. The number of hydrogen-bond donors (Lipinski definition) is 1. The second-order valence-electron chi connectivity index (χ2n) is 4.96. The van der Waals surface area contributed by atoms with Crippen LogP contribution in [0.2, 0.25) is 0 Å². The highest BCUT2D eigenvalue weighted by Gasteiger charge is 2.11. The molecule has 0 unspecified atom stereocenters. The number of nitrogens with zero attached hydrogens (tertiary/aromatic N) is 2. The average molecular weight is 271 g/mol. The average Bonchev–Trinajstić information content (AvgIpc) is 2.55. The van der Waals surface area contributed by atoms with Crippen molar-refractivity contribution in [2.45, 2.75) is 0 Å². The van der Waals surface area contributed by atoms with E-state index >= 15 is 0 Å². The normalized spacial score (nSPS) is 11.0. The van der Waals surface area contributed by atoms with Crippen LogP contribution in [-0.2, 0) is 0 Å². The number of fused-ring (bicyclic) bond motifs is 3. The number of pyridine rings is 2. The zero-order chi connectivity index (χ0) is 14.2. The van der Waals surface area contributed by atoms with Gasteiger partial charge in [0.15, 0.2) is 5.82 Å². The standard InChI is InChI=1S/C18H13N3/c19-18-17-16(14-8-4-5-9-15(14)21-18)13(10-11-20-17)12-6-2-1-3-7-12/h1-11H,(H2,19,21). The van der Waals surface area contributed by atoms with Gasteiger partial charge in [-0.3, -0.25) is 4.98 Å². The van der Waals surface area contributed by atoms with Crippen molar-refractivity contribution in [2.75, 3.05) is 5.73 Å². The Labute approximate surface area is 122 Å². The molecule has 0 saturated heterocycles. The summed E-state index contributed by atoms with van der Waals surface area (Å²) in [6.45, 7) is 0. The molecule has 3 heteroatoms. The van der Waals surface area contributed by atoms with Crippen molar-refractivity contribution < 1.29 is 0 Å². The first-order valence-corrected chi connectivity index (χ1v) is 6.83. The molecule has 0 aliphatic carbocycles. The number of rotatable bonds is 1. The molecule has 100 valence electrons. The van der Waals surface area contributed by atoms with E-state index in [0.717, 1.165) is 32.9 Å². The maximum atomic E-state index is 6.10. The number of nitrogen functional groups attached to an aromatic ring is 1. The Hall–Kier alpha value is -2.94. The van der Waals surface area contributed by atoms with E-state index in [9.17, 15) is 0 Å². The number of aromatic nitrogens is 2. The molecule has 2 aromatic heterocycles. The Bertz CT molecular complexity index is 946. The Morgan fingerprint density at radius 1 is 0.810 bits per heavy atom. The van der Waals surface area contributed by atoms with Crippen LogP contribution in [0.15, 0.2) is 66.9 Å². The largest absolute Gasteiger partial charge is 0.382 e. The molecule has 0 aliphatic heterocycles. The van der Waals surface area contributed by atoms with Gasteiger partial charge in [-0.2, -0.15) is 0 Å². The zero-order valence-corrected chi connectivity index (χ0v) is 11.3. The first-order valence-electron chi connectivity index (χ1n) is 6.83. The first-order chi connectivity index (χ1) is 10.3. The van der Waals surface area contributed by atoms with Crippen LogP contribution in [0, 0.1) is 0 Å². The third-order valence-corrected chi connectivity index (χ3v) is 3.69. The minimum Gasteiger partial charge on any atom is -0.382 e. The Balaban J connectivity index is 2.22. The van der Waals surface area contributed by atoms with E-state index in [2.05, 4.69) is 28.2 Å². The van der Waals surface area contributed by atoms with Crippen molar-refractivity contribution in [1.29, 1.82) is 0 Å². The van der Waals surface area contributed by atoms with E-state index in [1.807, 2.05) is 42.5 Å². The molecule has 4 aromatic rings. The number of para-hydroxylation sites is 1. The second-order valence-corrected chi connectivity index (χ2v) is 4.96. The van der Waals surface area contributed by atoms with Crippen LogP contribution in [0.4, 0.5) is 5.82 Å². The van der Waals surface area contributed by atoms with Gasteiger partial charge < -0.3 is 5.73 Å². The molecule has 0 saturated carbocycles. The predicted octanol–water partition coefficient (Wildman–Crippen LogP) is 4.03. The van der Waals surface area contributed by atoms with Gasteiger partial charge in [0.05, 0.1) is 5.52 Å². The highest BCUT2D eigenvalue weighted by Crippen LogP contribution is 2.34. The van der Waals surface area contributed by atoms with E-state index in [-0.39, 0.29) is 0 Å². The monoisotopic (exact) mass is 271 g/mol. The summed E-state index contributed by atoms with van der Waals surface area (Å²) < 4.78 is 0. The molecule has 0 spiro atoms. The molecule has 2 aromatic carbocycles. The molecule has 2 heterocycles. The highest BCUT2D eigenvalue weighted by atomic mass is 14.9. The van der Waals surface area contributed by atoms with Crippen molar-refractivity contribution >= 4 is 27.6 Å². The van der Waals surface area contributed by atoms with Gasteiger partial charge in [0.1, 0.15) is 5.52 Å². The number of nitrogens with two attached hydrogens (primary N) is 1. The lowest BCUT2D eigenvalue weighted by atomic mass is 9.98. The maximum Gasteiger partial charge on any atom is 0.150 e. The maximum absolute atomic E-state index is 6.10. The molecule has 2 N–H and O–H groups in total. The number of benzene rings is 2. The summed E-state index contributed by atoms with van der Waals surface area (Å²) in [6, 6.07) is 20.3. The Morgan fingerprint density at radius 2 is 1.57 bits per heavy atom. The van der Waals surface area contributed by atoms with Crippen LogP contribution in [0.1, 0.15) is 0 Å². The molecule has 3 nitrogen and oxygen atoms in total. The van der Waals surface area contributed by atoms with Gasteiger partial charge in [-0.05, 0) is 23.3 Å². The SMILES string of the molecule is Nc1nc2ccccc2c2c(-c3ccccc3)ccnc12. The van der Waals surface area contributed by atoms with E-state index < -0.39 is 0 Å². The van der Waals surface area contributed by atoms with E-state index in [1.165, 1.54) is 0 Å². The minimum absolute atomic E-state index is 0.474. The van der Waals surface area contributed by atoms with E-state index in [1.54, 1.807) is 6.20 Å².